The molecule has 1 fully saturated rings. The zero-order valence-corrected chi connectivity index (χ0v) is 29.7. The van der Waals surface area contributed by atoms with Crippen molar-refractivity contribution in [3.8, 4) is 17.2 Å². The molecule has 0 spiro atoms. The number of sulfonamides is 1. The Morgan fingerprint density at radius 2 is 1.76 bits per heavy atom. The maximum absolute atomic E-state index is 15.7. The number of anilines is 1. The van der Waals surface area contributed by atoms with Crippen LogP contribution in [-0.2, 0) is 21.3 Å². The Kier molecular flexibility index (Phi) is 10.8. The zero-order chi connectivity index (χ0) is 35.5. The molecule has 0 radical (unpaired) electrons. The fourth-order valence-corrected chi connectivity index (χ4v) is 7.72. The Morgan fingerprint density at radius 3 is 2.39 bits per heavy atom. The van der Waals surface area contributed by atoms with Gasteiger partial charge >= 0.3 is 6.09 Å². The van der Waals surface area contributed by atoms with Crippen molar-refractivity contribution < 1.29 is 40.9 Å². The average molecular weight is 737 g/mol. The van der Waals surface area contributed by atoms with Crippen molar-refractivity contribution in [2.75, 3.05) is 38.2 Å². The second-order valence-corrected chi connectivity index (χ2v) is 15.3. The quantitative estimate of drug-likeness (QED) is 0.162. The smallest absolute Gasteiger partial charge is 0.410 e. The summed E-state index contributed by atoms with van der Waals surface area (Å²) >= 11 is 6.86. The van der Waals surface area contributed by atoms with Gasteiger partial charge in [-0.2, -0.15) is 4.37 Å². The number of nitrogens with zero attached hydrogens (tertiary/aromatic N) is 4. The van der Waals surface area contributed by atoms with E-state index in [1.165, 1.54) is 14.2 Å². The second kappa shape index (κ2) is 14.7. The molecule has 2 heterocycles. The van der Waals surface area contributed by atoms with Crippen molar-refractivity contribution in [3.05, 3.63) is 88.7 Å². The lowest BCUT2D eigenvalue weighted by molar-refractivity contribution is 0.0283. The van der Waals surface area contributed by atoms with Gasteiger partial charge in [-0.05, 0) is 50.6 Å². The molecule has 5 rings (SSSR count). The summed E-state index contributed by atoms with van der Waals surface area (Å²) in [4.78, 5) is 17.6. The van der Waals surface area contributed by atoms with Crippen molar-refractivity contribution in [1.29, 1.82) is 0 Å². The van der Waals surface area contributed by atoms with Crippen LogP contribution in [0.15, 0.2) is 65.8 Å². The van der Waals surface area contributed by atoms with Crippen molar-refractivity contribution in [3.63, 3.8) is 0 Å². The number of carbonyl (C=O) groups is 1. The van der Waals surface area contributed by atoms with E-state index in [0.29, 0.717) is 40.8 Å². The molecule has 1 aliphatic rings. The monoisotopic (exact) mass is 736 g/mol. The minimum Gasteiger partial charge on any atom is -0.497 e. The molecule has 0 aliphatic carbocycles. The molecule has 0 bridgehead atoms. The number of aromatic nitrogens is 2. The SMILES string of the molecule is COc1ccc(CN(c2ncns2)S(=O)(=O)c2cc(F)c(OC[C@@H]3CN(C(=O)OC(C)(C)C)C[C@H]3c3ccc(Cl)cc3)cc2F)c(OC)c1. The Morgan fingerprint density at radius 1 is 1.02 bits per heavy atom. The van der Waals surface area contributed by atoms with Crippen LogP contribution in [0.5, 0.6) is 17.2 Å². The maximum atomic E-state index is 15.7. The van der Waals surface area contributed by atoms with Crippen LogP contribution in [0.25, 0.3) is 0 Å². The summed E-state index contributed by atoms with van der Waals surface area (Å²) in [6.45, 7) is 5.39. The molecule has 0 saturated carbocycles. The first kappa shape index (κ1) is 36.1. The number of halogens is 3. The highest BCUT2D eigenvalue weighted by Crippen LogP contribution is 2.37. The van der Waals surface area contributed by atoms with Crippen LogP contribution >= 0.6 is 23.1 Å². The third kappa shape index (κ3) is 8.33. The molecular weight excluding hydrogens is 702 g/mol. The number of benzene rings is 3. The third-order valence-electron chi connectivity index (χ3n) is 7.77. The normalized spacial score (nSPS) is 16.4. The first-order valence-corrected chi connectivity index (χ1v) is 17.6. The van der Waals surface area contributed by atoms with Gasteiger partial charge < -0.3 is 23.8 Å². The summed E-state index contributed by atoms with van der Waals surface area (Å²) < 4.78 is 85.8. The van der Waals surface area contributed by atoms with Crippen LogP contribution < -0.4 is 18.5 Å². The van der Waals surface area contributed by atoms with Gasteiger partial charge in [0.25, 0.3) is 10.0 Å². The van der Waals surface area contributed by atoms with Crippen molar-refractivity contribution >= 4 is 44.4 Å². The maximum Gasteiger partial charge on any atom is 0.410 e. The second-order valence-electron chi connectivity index (χ2n) is 12.2. The molecule has 2 atom stereocenters. The van der Waals surface area contributed by atoms with Crippen molar-refractivity contribution in [2.24, 2.45) is 5.92 Å². The predicted molar refractivity (Wildman–Crippen MR) is 180 cm³/mol. The molecule has 1 aromatic heterocycles. The number of hydrogen-bond acceptors (Lipinski definition) is 10. The highest BCUT2D eigenvalue weighted by Gasteiger charge is 2.39. The van der Waals surface area contributed by atoms with Crippen molar-refractivity contribution in [1.82, 2.24) is 14.3 Å². The summed E-state index contributed by atoms with van der Waals surface area (Å²) in [6.07, 6.45) is 0.652. The lowest BCUT2D eigenvalue weighted by Gasteiger charge is -2.24. The zero-order valence-electron chi connectivity index (χ0n) is 27.4. The van der Waals surface area contributed by atoms with E-state index >= 15 is 8.78 Å². The van der Waals surface area contributed by atoms with Gasteiger partial charge in [0.1, 0.15) is 34.1 Å². The minimum absolute atomic E-state index is 0.0676. The third-order valence-corrected chi connectivity index (χ3v) is 10.6. The van der Waals surface area contributed by atoms with E-state index in [1.807, 2.05) is 12.1 Å². The fraction of sp³-hybridized carbons (Fsp3) is 0.364. The topological polar surface area (TPSA) is 120 Å². The largest absolute Gasteiger partial charge is 0.497 e. The van der Waals surface area contributed by atoms with E-state index in [1.54, 1.807) is 56.0 Å². The Balaban J connectivity index is 1.40. The van der Waals surface area contributed by atoms with E-state index in [2.05, 4.69) is 9.36 Å². The Labute approximate surface area is 292 Å². The lowest BCUT2D eigenvalue weighted by atomic mass is 9.89. The first-order valence-electron chi connectivity index (χ1n) is 15.1. The molecule has 11 nitrogen and oxygen atoms in total. The number of likely N-dealkylation sites (tertiary alicyclic amines) is 1. The van der Waals surface area contributed by atoms with E-state index in [0.717, 1.165) is 27.7 Å². The van der Waals surface area contributed by atoms with Gasteiger partial charge in [-0.25, -0.2) is 31.3 Å². The summed E-state index contributed by atoms with van der Waals surface area (Å²) in [7, 11) is -1.84. The van der Waals surface area contributed by atoms with E-state index in [-0.39, 0.29) is 36.7 Å². The van der Waals surface area contributed by atoms with Gasteiger partial charge in [-0.1, -0.05) is 23.7 Å². The van der Waals surface area contributed by atoms with Crippen LogP contribution in [0, 0.1) is 17.6 Å². The van der Waals surface area contributed by atoms with Crippen LogP contribution in [0.3, 0.4) is 0 Å². The summed E-state index contributed by atoms with van der Waals surface area (Å²) in [5.74, 6) is -2.59. The molecule has 16 heteroatoms. The average Bonchev–Trinajstić information content (AvgIpc) is 3.74. The van der Waals surface area contributed by atoms with E-state index in [4.69, 9.17) is 30.5 Å². The highest BCUT2D eigenvalue weighted by molar-refractivity contribution is 7.93. The van der Waals surface area contributed by atoms with Gasteiger partial charge in [0, 0.05) is 65.2 Å². The van der Waals surface area contributed by atoms with Gasteiger partial charge in [0.2, 0.25) is 5.13 Å². The molecule has 0 N–H and O–H groups in total. The molecule has 1 saturated heterocycles. The molecule has 1 amide bonds. The van der Waals surface area contributed by atoms with Gasteiger partial charge in [0.05, 0.1) is 27.4 Å². The number of rotatable bonds is 11. The van der Waals surface area contributed by atoms with Gasteiger partial charge in [0.15, 0.2) is 11.6 Å². The molecule has 0 unspecified atom stereocenters. The number of hydrogen-bond donors (Lipinski definition) is 0. The fourth-order valence-electron chi connectivity index (χ4n) is 5.41. The molecule has 262 valence electrons. The van der Waals surface area contributed by atoms with Crippen LogP contribution in [-0.4, -0.2) is 68.3 Å². The molecular formula is C33H35ClF2N4O7S2. The summed E-state index contributed by atoms with van der Waals surface area (Å²) in [5.41, 5.74) is 0.578. The lowest BCUT2D eigenvalue weighted by Crippen LogP contribution is -2.35. The standard InChI is InChI=1S/C33H35ClF2N4O7S2/c1-33(2,3)47-32(41)39-15-22(25(17-39)20-6-9-23(34)10-7-20)18-46-29-13-27(36)30(14-26(29)35)49(42,43)40(31-37-19-38-48-31)16-21-8-11-24(44-4)12-28(21)45-5/h6-14,19,22,25H,15-18H2,1-5H3/t22-,25-/m0/s1. The molecule has 4 aromatic rings. The van der Waals surface area contributed by atoms with Crippen LogP contribution in [0.2, 0.25) is 5.02 Å². The number of methoxy groups -OCH3 is 2. The molecule has 49 heavy (non-hydrogen) atoms. The van der Waals surface area contributed by atoms with Crippen LogP contribution in [0.1, 0.15) is 37.8 Å². The Hall–Kier alpha value is -4.21. The predicted octanol–water partition coefficient (Wildman–Crippen LogP) is 6.91. The van der Waals surface area contributed by atoms with Crippen LogP contribution in [0.4, 0.5) is 18.7 Å². The minimum atomic E-state index is -4.73. The van der Waals surface area contributed by atoms with Gasteiger partial charge in [-0.3, -0.25) is 0 Å². The molecule has 1 aliphatic heterocycles. The Bertz CT molecular complexity index is 1890. The van der Waals surface area contributed by atoms with Gasteiger partial charge in [-0.15, -0.1) is 0 Å². The first-order chi connectivity index (χ1) is 23.2. The summed E-state index contributed by atoms with van der Waals surface area (Å²) in [6, 6.07) is 13.2. The van der Waals surface area contributed by atoms with Crippen molar-refractivity contribution in [2.45, 2.75) is 43.7 Å². The van der Waals surface area contributed by atoms with E-state index < -0.39 is 44.0 Å². The number of ether oxygens (including phenoxy) is 4. The highest BCUT2D eigenvalue weighted by atomic mass is 35.5. The number of amides is 1. The number of carbonyl (C=O) groups excluding carboxylic acids is 1. The summed E-state index contributed by atoms with van der Waals surface area (Å²) in [5, 5.41) is 0.473. The molecule has 3 aromatic carbocycles. The van der Waals surface area contributed by atoms with E-state index in [9.17, 15) is 13.2 Å².